The van der Waals surface area contributed by atoms with E-state index in [0.717, 1.165) is 32.4 Å². The van der Waals surface area contributed by atoms with E-state index in [1.54, 1.807) is 10.9 Å². The molecule has 0 amide bonds. The monoisotopic (exact) mass is 302 g/mol. The molecule has 0 saturated carbocycles. The van der Waals surface area contributed by atoms with Crippen LogP contribution in [0.3, 0.4) is 0 Å². The summed E-state index contributed by atoms with van der Waals surface area (Å²) < 4.78 is 2.78. The van der Waals surface area contributed by atoms with Crippen molar-refractivity contribution in [2.24, 2.45) is 0 Å². The highest BCUT2D eigenvalue weighted by Gasteiger charge is 2.07. The van der Waals surface area contributed by atoms with Gasteiger partial charge >= 0.3 is 0 Å². The first-order valence-electron chi connectivity index (χ1n) is 5.51. The molecular weight excluding hydrogens is 292 g/mol. The lowest BCUT2D eigenvalue weighted by Crippen LogP contribution is -2.00. The Kier molecular flexibility index (Phi) is 2.56. The molecule has 3 rings (SSSR count). The molecule has 0 aliphatic carbocycles. The van der Waals surface area contributed by atoms with Crippen LogP contribution < -0.4 is 5.73 Å². The fourth-order valence-electron chi connectivity index (χ4n) is 1.86. The van der Waals surface area contributed by atoms with Gasteiger partial charge < -0.3 is 5.73 Å². The fourth-order valence-corrected chi connectivity index (χ4v) is 2.08. The molecule has 2 aromatic heterocycles. The topological polar surface area (TPSA) is 56.7 Å². The number of aromatic nitrogens is 3. The number of rotatable bonds is 1. The number of fused-ring (bicyclic) bond motifs is 1. The van der Waals surface area contributed by atoms with Crippen molar-refractivity contribution in [3.05, 3.63) is 46.7 Å². The SMILES string of the molecule is Cc1cc(-n2ncc3ccc(N)cc32)ncc1Br. The summed E-state index contributed by atoms with van der Waals surface area (Å²) in [7, 11) is 0. The Bertz CT molecular complexity index is 733. The molecular formula is C13H11BrN4. The van der Waals surface area contributed by atoms with Gasteiger partial charge in [-0.05, 0) is 52.7 Å². The largest absolute Gasteiger partial charge is 0.399 e. The van der Waals surface area contributed by atoms with Crippen LogP contribution in [0.2, 0.25) is 0 Å². The summed E-state index contributed by atoms with van der Waals surface area (Å²) in [5.74, 6) is 0.788. The Morgan fingerprint density at radius 1 is 1.22 bits per heavy atom. The Morgan fingerprint density at radius 2 is 2.06 bits per heavy atom. The highest BCUT2D eigenvalue weighted by atomic mass is 79.9. The quantitative estimate of drug-likeness (QED) is 0.703. The number of hydrogen-bond acceptors (Lipinski definition) is 3. The van der Waals surface area contributed by atoms with Crippen LogP contribution in [-0.2, 0) is 0 Å². The molecule has 2 heterocycles. The molecule has 0 fully saturated rings. The average Bonchev–Trinajstić information content (AvgIpc) is 2.75. The second kappa shape index (κ2) is 4.10. The third-order valence-corrected chi connectivity index (χ3v) is 3.67. The lowest BCUT2D eigenvalue weighted by Gasteiger charge is -2.05. The summed E-state index contributed by atoms with van der Waals surface area (Å²) in [6.07, 6.45) is 3.60. The van der Waals surface area contributed by atoms with Gasteiger partial charge in [0.15, 0.2) is 5.82 Å². The number of aryl methyl sites for hydroxylation is 1. The van der Waals surface area contributed by atoms with Gasteiger partial charge in [0.25, 0.3) is 0 Å². The Balaban J connectivity index is 2.24. The minimum atomic E-state index is 0.720. The number of benzene rings is 1. The van der Waals surface area contributed by atoms with Crippen LogP contribution in [0, 0.1) is 6.92 Å². The first-order chi connectivity index (χ1) is 8.65. The van der Waals surface area contributed by atoms with E-state index in [-0.39, 0.29) is 0 Å². The maximum absolute atomic E-state index is 5.82. The molecule has 18 heavy (non-hydrogen) atoms. The van der Waals surface area contributed by atoms with Crippen molar-refractivity contribution in [3.63, 3.8) is 0 Å². The van der Waals surface area contributed by atoms with Crippen molar-refractivity contribution in [2.45, 2.75) is 6.92 Å². The standard InChI is InChI=1S/C13H11BrN4/c1-8-4-13(16-7-11(8)14)18-12-5-10(15)3-2-9(12)6-17-18/h2-7H,15H2,1H3. The number of hydrogen-bond donors (Lipinski definition) is 1. The molecule has 90 valence electrons. The summed E-state index contributed by atoms with van der Waals surface area (Å²) in [5, 5.41) is 5.41. The Hall–Kier alpha value is -1.88. The van der Waals surface area contributed by atoms with Crippen LogP contribution in [-0.4, -0.2) is 14.8 Å². The van der Waals surface area contributed by atoms with Crippen molar-refractivity contribution in [2.75, 3.05) is 5.73 Å². The average molecular weight is 303 g/mol. The molecule has 0 aliphatic heterocycles. The highest BCUT2D eigenvalue weighted by molar-refractivity contribution is 9.10. The maximum atomic E-state index is 5.82. The van der Waals surface area contributed by atoms with Gasteiger partial charge in [0.2, 0.25) is 0 Å². The van der Waals surface area contributed by atoms with E-state index in [9.17, 15) is 0 Å². The molecule has 2 N–H and O–H groups in total. The van der Waals surface area contributed by atoms with Crippen molar-refractivity contribution in [3.8, 4) is 5.82 Å². The van der Waals surface area contributed by atoms with Crippen LogP contribution in [0.1, 0.15) is 5.56 Å². The van der Waals surface area contributed by atoms with Crippen molar-refractivity contribution in [1.82, 2.24) is 14.8 Å². The van der Waals surface area contributed by atoms with Crippen molar-refractivity contribution < 1.29 is 0 Å². The van der Waals surface area contributed by atoms with Gasteiger partial charge in [-0.2, -0.15) is 5.10 Å². The Morgan fingerprint density at radius 3 is 2.83 bits per heavy atom. The molecule has 0 bridgehead atoms. The van der Waals surface area contributed by atoms with Crippen molar-refractivity contribution in [1.29, 1.82) is 0 Å². The third-order valence-electron chi connectivity index (χ3n) is 2.84. The van der Waals surface area contributed by atoms with Crippen LogP contribution >= 0.6 is 15.9 Å². The first-order valence-corrected chi connectivity index (χ1v) is 6.30. The van der Waals surface area contributed by atoms with E-state index in [1.807, 2.05) is 37.4 Å². The van der Waals surface area contributed by atoms with Gasteiger partial charge in [-0.1, -0.05) is 0 Å². The zero-order valence-corrected chi connectivity index (χ0v) is 11.3. The summed E-state index contributed by atoms with van der Waals surface area (Å²) in [5.41, 5.74) is 8.62. The molecule has 0 aliphatic rings. The van der Waals surface area contributed by atoms with Gasteiger partial charge in [0.1, 0.15) is 0 Å². The van der Waals surface area contributed by atoms with Gasteiger partial charge in [-0.25, -0.2) is 9.67 Å². The van der Waals surface area contributed by atoms with Crippen LogP contribution in [0.25, 0.3) is 16.7 Å². The van der Waals surface area contributed by atoms with Gasteiger partial charge in [-0.3, -0.25) is 0 Å². The number of anilines is 1. The van der Waals surface area contributed by atoms with Crippen LogP contribution in [0.15, 0.2) is 41.1 Å². The van der Waals surface area contributed by atoms with Gasteiger partial charge in [0, 0.05) is 21.7 Å². The number of nitrogen functional groups attached to an aromatic ring is 1. The van der Waals surface area contributed by atoms with Crippen LogP contribution in [0.4, 0.5) is 5.69 Å². The predicted octanol–water partition coefficient (Wildman–Crippen LogP) is 3.07. The molecule has 5 heteroatoms. The number of halogens is 1. The Labute approximate surface area is 113 Å². The summed E-state index contributed by atoms with van der Waals surface area (Å²) >= 11 is 3.44. The second-order valence-electron chi connectivity index (χ2n) is 4.17. The first kappa shape index (κ1) is 11.2. The molecule has 1 aromatic carbocycles. The minimum Gasteiger partial charge on any atom is -0.399 e. The summed E-state index contributed by atoms with van der Waals surface area (Å²) in [4.78, 5) is 4.37. The van der Waals surface area contributed by atoms with Gasteiger partial charge in [0.05, 0.1) is 11.7 Å². The third kappa shape index (κ3) is 1.76. The minimum absolute atomic E-state index is 0.720. The number of pyridine rings is 1. The fraction of sp³-hybridized carbons (Fsp3) is 0.0769. The van der Waals surface area contributed by atoms with Crippen LogP contribution in [0.5, 0.6) is 0 Å². The normalized spacial score (nSPS) is 11.0. The molecule has 0 radical (unpaired) electrons. The predicted molar refractivity (Wildman–Crippen MR) is 75.7 cm³/mol. The second-order valence-corrected chi connectivity index (χ2v) is 5.02. The number of nitrogens with zero attached hydrogens (tertiary/aromatic N) is 3. The lowest BCUT2D eigenvalue weighted by atomic mass is 10.2. The van der Waals surface area contributed by atoms with Crippen molar-refractivity contribution >= 4 is 32.5 Å². The number of nitrogens with two attached hydrogens (primary N) is 1. The van der Waals surface area contributed by atoms with E-state index in [0.29, 0.717) is 0 Å². The van der Waals surface area contributed by atoms with E-state index in [1.165, 1.54) is 0 Å². The molecule has 0 unspecified atom stereocenters. The lowest BCUT2D eigenvalue weighted by molar-refractivity contribution is 0.871. The van der Waals surface area contributed by atoms with E-state index >= 15 is 0 Å². The summed E-state index contributed by atoms with van der Waals surface area (Å²) in [6, 6.07) is 7.72. The maximum Gasteiger partial charge on any atom is 0.154 e. The zero-order valence-electron chi connectivity index (χ0n) is 9.76. The van der Waals surface area contributed by atoms with E-state index < -0.39 is 0 Å². The van der Waals surface area contributed by atoms with E-state index in [2.05, 4.69) is 26.0 Å². The summed E-state index contributed by atoms with van der Waals surface area (Å²) in [6.45, 7) is 2.02. The molecule has 0 spiro atoms. The smallest absolute Gasteiger partial charge is 0.154 e. The molecule has 0 saturated heterocycles. The molecule has 4 nitrogen and oxygen atoms in total. The molecule has 0 atom stereocenters. The highest BCUT2D eigenvalue weighted by Crippen LogP contribution is 2.22. The molecule has 3 aromatic rings. The zero-order chi connectivity index (χ0) is 12.7. The van der Waals surface area contributed by atoms with Gasteiger partial charge in [-0.15, -0.1) is 0 Å². The van der Waals surface area contributed by atoms with E-state index in [4.69, 9.17) is 5.73 Å².